The lowest BCUT2D eigenvalue weighted by molar-refractivity contribution is 0.340. The van der Waals surface area contributed by atoms with E-state index in [-0.39, 0.29) is 5.41 Å². The molecule has 1 aromatic carbocycles. The first-order chi connectivity index (χ1) is 7.74. The van der Waals surface area contributed by atoms with Gasteiger partial charge >= 0.3 is 0 Å². The maximum atomic E-state index is 9.34. The Hall–Kier alpha value is -1.06. The van der Waals surface area contributed by atoms with Crippen LogP contribution in [-0.4, -0.2) is 23.7 Å². The first kappa shape index (κ1) is 10.1. The van der Waals surface area contributed by atoms with E-state index in [1.807, 2.05) is 12.1 Å². The fraction of sp³-hybridized carbons (Fsp3) is 0.538. The molecule has 16 heavy (non-hydrogen) atoms. The second-order valence-electron chi connectivity index (χ2n) is 5.10. The minimum Gasteiger partial charge on any atom is -0.508 e. The van der Waals surface area contributed by atoms with E-state index in [9.17, 15) is 5.11 Å². The summed E-state index contributed by atoms with van der Waals surface area (Å²) in [4.78, 5) is 0. The minimum atomic E-state index is 0.0939. The van der Waals surface area contributed by atoms with Gasteiger partial charge in [-0.15, -0.1) is 0 Å². The lowest BCUT2D eigenvalue weighted by atomic mass is 9.69. The summed E-state index contributed by atoms with van der Waals surface area (Å²) in [6.07, 6.45) is 3.65. The fourth-order valence-electron chi connectivity index (χ4n) is 3.45. The Morgan fingerprint density at radius 3 is 2.56 bits per heavy atom. The van der Waals surface area contributed by atoms with Crippen molar-refractivity contribution >= 4 is 0 Å². The molecule has 0 saturated carbocycles. The molecule has 2 aliphatic heterocycles. The second-order valence-corrected chi connectivity index (χ2v) is 5.10. The van der Waals surface area contributed by atoms with Crippen molar-refractivity contribution in [3.8, 4) is 5.75 Å². The van der Waals surface area contributed by atoms with Gasteiger partial charge in [0.1, 0.15) is 5.75 Å². The number of phenols is 1. The molecule has 0 amide bonds. The van der Waals surface area contributed by atoms with Gasteiger partial charge in [0.2, 0.25) is 0 Å². The maximum absolute atomic E-state index is 9.34. The molecule has 0 radical (unpaired) electrons. The van der Waals surface area contributed by atoms with Gasteiger partial charge in [-0.2, -0.15) is 0 Å². The summed E-state index contributed by atoms with van der Waals surface area (Å²) in [6, 6.07) is 8.72. The van der Waals surface area contributed by atoms with Crippen LogP contribution in [-0.2, 0) is 5.41 Å². The molecular weight excluding hydrogens is 200 g/mol. The monoisotopic (exact) mass is 218 g/mol. The van der Waals surface area contributed by atoms with E-state index >= 15 is 0 Å². The third-order valence-electron chi connectivity index (χ3n) is 4.32. The number of benzene rings is 1. The first-order valence-electron chi connectivity index (χ1n) is 6.00. The highest BCUT2D eigenvalue weighted by Gasteiger charge is 2.50. The molecule has 3 unspecified atom stereocenters. The zero-order chi connectivity index (χ0) is 11.2. The predicted octanol–water partition coefficient (Wildman–Crippen LogP) is 1.11. The van der Waals surface area contributed by atoms with Crippen molar-refractivity contribution in [2.45, 2.75) is 36.8 Å². The Balaban J connectivity index is 1.99. The summed E-state index contributed by atoms with van der Waals surface area (Å²) < 4.78 is 0. The molecule has 0 aromatic heterocycles. The van der Waals surface area contributed by atoms with E-state index in [2.05, 4.69) is 5.32 Å². The number of hydrogen-bond donors (Lipinski definition) is 3. The number of nitrogens with one attached hydrogen (secondary N) is 1. The smallest absolute Gasteiger partial charge is 0.115 e. The molecule has 2 bridgehead atoms. The second kappa shape index (κ2) is 3.47. The van der Waals surface area contributed by atoms with Gasteiger partial charge in [-0.05, 0) is 37.0 Å². The largest absolute Gasteiger partial charge is 0.508 e. The van der Waals surface area contributed by atoms with Gasteiger partial charge in [0, 0.05) is 24.0 Å². The molecule has 2 aliphatic rings. The van der Waals surface area contributed by atoms with Crippen LogP contribution in [0.1, 0.15) is 24.8 Å². The fourth-order valence-corrected chi connectivity index (χ4v) is 3.45. The van der Waals surface area contributed by atoms with Crippen molar-refractivity contribution in [3.63, 3.8) is 0 Å². The normalized spacial score (nSPS) is 36.8. The topological polar surface area (TPSA) is 58.3 Å². The lowest BCUT2D eigenvalue weighted by Crippen LogP contribution is -2.45. The Labute approximate surface area is 95.7 Å². The van der Waals surface area contributed by atoms with Crippen molar-refractivity contribution in [2.24, 2.45) is 5.73 Å². The van der Waals surface area contributed by atoms with E-state index < -0.39 is 0 Å². The van der Waals surface area contributed by atoms with Crippen LogP contribution in [0.5, 0.6) is 5.75 Å². The van der Waals surface area contributed by atoms with Crippen LogP contribution in [0.2, 0.25) is 0 Å². The molecule has 2 saturated heterocycles. The van der Waals surface area contributed by atoms with Crippen LogP contribution >= 0.6 is 0 Å². The summed E-state index contributed by atoms with van der Waals surface area (Å²) in [5.74, 6) is 0.326. The minimum absolute atomic E-state index is 0.0939. The SMILES string of the molecule is NCC1(c2ccc(O)cc2)CC2CCC1N2. The van der Waals surface area contributed by atoms with Gasteiger partial charge in [0.05, 0.1) is 0 Å². The van der Waals surface area contributed by atoms with Crippen molar-refractivity contribution in [3.05, 3.63) is 29.8 Å². The highest BCUT2D eigenvalue weighted by atomic mass is 16.3. The summed E-state index contributed by atoms with van der Waals surface area (Å²) in [5.41, 5.74) is 7.39. The van der Waals surface area contributed by atoms with Gasteiger partial charge in [-0.25, -0.2) is 0 Å². The van der Waals surface area contributed by atoms with E-state index in [1.165, 1.54) is 18.4 Å². The molecule has 3 heteroatoms. The van der Waals surface area contributed by atoms with Crippen LogP contribution in [0, 0.1) is 0 Å². The van der Waals surface area contributed by atoms with Crippen LogP contribution in [0.15, 0.2) is 24.3 Å². The molecule has 2 heterocycles. The van der Waals surface area contributed by atoms with Crippen molar-refractivity contribution in [2.75, 3.05) is 6.54 Å². The molecule has 3 atom stereocenters. The molecule has 1 aromatic rings. The van der Waals surface area contributed by atoms with Gasteiger partial charge in [-0.1, -0.05) is 12.1 Å². The molecule has 2 fully saturated rings. The lowest BCUT2D eigenvalue weighted by Gasteiger charge is -2.36. The number of nitrogens with two attached hydrogens (primary N) is 1. The third-order valence-corrected chi connectivity index (χ3v) is 4.32. The third kappa shape index (κ3) is 1.28. The van der Waals surface area contributed by atoms with E-state index in [4.69, 9.17) is 5.73 Å². The molecule has 0 aliphatic carbocycles. The highest BCUT2D eigenvalue weighted by molar-refractivity contribution is 5.36. The van der Waals surface area contributed by atoms with Gasteiger partial charge in [0.25, 0.3) is 0 Å². The number of aromatic hydroxyl groups is 1. The quantitative estimate of drug-likeness (QED) is 0.697. The van der Waals surface area contributed by atoms with E-state index in [0.717, 1.165) is 6.42 Å². The standard InChI is InChI=1S/C13H18N2O/c14-8-13(7-10-3-6-12(13)15-10)9-1-4-11(16)5-2-9/h1-2,4-5,10,12,15-16H,3,6-8,14H2. The average molecular weight is 218 g/mol. The zero-order valence-corrected chi connectivity index (χ0v) is 9.32. The van der Waals surface area contributed by atoms with Gasteiger partial charge in [0.15, 0.2) is 0 Å². The number of fused-ring (bicyclic) bond motifs is 2. The van der Waals surface area contributed by atoms with Gasteiger partial charge < -0.3 is 16.2 Å². The average Bonchev–Trinajstić information content (AvgIpc) is 2.90. The van der Waals surface area contributed by atoms with E-state index in [0.29, 0.717) is 24.4 Å². The van der Waals surface area contributed by atoms with Crippen molar-refractivity contribution in [1.82, 2.24) is 5.32 Å². The molecule has 0 spiro atoms. The summed E-state index contributed by atoms with van der Waals surface area (Å²) >= 11 is 0. The molecule has 3 nitrogen and oxygen atoms in total. The van der Waals surface area contributed by atoms with Crippen LogP contribution in [0.4, 0.5) is 0 Å². The summed E-state index contributed by atoms with van der Waals surface area (Å²) in [5, 5.41) is 13.0. The Morgan fingerprint density at radius 1 is 1.31 bits per heavy atom. The maximum Gasteiger partial charge on any atom is 0.115 e. The van der Waals surface area contributed by atoms with Crippen LogP contribution < -0.4 is 11.1 Å². The molecular formula is C13H18N2O. The molecule has 3 rings (SSSR count). The molecule has 4 N–H and O–H groups in total. The van der Waals surface area contributed by atoms with Crippen molar-refractivity contribution < 1.29 is 5.11 Å². The summed E-state index contributed by atoms with van der Waals surface area (Å²) in [6.45, 7) is 0.686. The van der Waals surface area contributed by atoms with E-state index in [1.54, 1.807) is 12.1 Å². The number of rotatable bonds is 2. The Kier molecular flexibility index (Phi) is 2.19. The number of hydrogen-bond acceptors (Lipinski definition) is 3. The Morgan fingerprint density at radius 2 is 2.06 bits per heavy atom. The molecule has 86 valence electrons. The van der Waals surface area contributed by atoms with Crippen molar-refractivity contribution in [1.29, 1.82) is 0 Å². The van der Waals surface area contributed by atoms with Gasteiger partial charge in [-0.3, -0.25) is 0 Å². The van der Waals surface area contributed by atoms with Crippen LogP contribution in [0.3, 0.4) is 0 Å². The number of phenolic OH excluding ortho intramolecular Hbond substituents is 1. The van der Waals surface area contributed by atoms with Crippen LogP contribution in [0.25, 0.3) is 0 Å². The summed E-state index contributed by atoms with van der Waals surface area (Å²) in [7, 11) is 0. The Bertz CT molecular complexity index is 389. The zero-order valence-electron chi connectivity index (χ0n) is 9.32. The predicted molar refractivity (Wildman–Crippen MR) is 63.4 cm³/mol. The highest BCUT2D eigenvalue weighted by Crippen LogP contribution is 2.45. The first-order valence-corrected chi connectivity index (χ1v) is 6.00.